The van der Waals surface area contributed by atoms with Gasteiger partial charge >= 0.3 is 5.97 Å². The van der Waals surface area contributed by atoms with Crippen LogP contribution in [0.3, 0.4) is 0 Å². The Morgan fingerprint density at radius 1 is 1.44 bits per heavy atom. The van der Waals surface area contributed by atoms with Crippen molar-refractivity contribution in [3.8, 4) is 0 Å². The van der Waals surface area contributed by atoms with Crippen LogP contribution in [0.1, 0.15) is 25.8 Å². The Morgan fingerprint density at radius 2 is 2.22 bits per heavy atom. The molecule has 0 saturated carbocycles. The molecule has 1 aromatic carbocycles. The Morgan fingerprint density at radius 3 is 2.89 bits per heavy atom. The number of nitrogens with zero attached hydrogens (tertiary/aromatic N) is 1. The van der Waals surface area contributed by atoms with Crippen LogP contribution in [0.4, 0.5) is 0 Å². The number of cyclic esters (lactones) is 1. The van der Waals surface area contributed by atoms with Crippen LogP contribution in [-0.4, -0.2) is 11.9 Å². The predicted molar refractivity (Wildman–Crippen MR) is 75.1 cm³/mol. The molecule has 1 aromatic rings. The SMILES string of the molecule is CC(C)CC1=N/C(=C/c2cccc(Br)c2)C(=O)O1. The fraction of sp³-hybridized carbons (Fsp3) is 0.286. The van der Waals surface area contributed by atoms with Gasteiger partial charge in [-0.25, -0.2) is 9.79 Å². The van der Waals surface area contributed by atoms with E-state index in [1.807, 2.05) is 24.3 Å². The molecule has 3 nitrogen and oxygen atoms in total. The van der Waals surface area contributed by atoms with Crippen LogP contribution in [-0.2, 0) is 9.53 Å². The largest absolute Gasteiger partial charge is 0.407 e. The van der Waals surface area contributed by atoms with Gasteiger partial charge in [0.1, 0.15) is 0 Å². The van der Waals surface area contributed by atoms with Crippen LogP contribution in [0.5, 0.6) is 0 Å². The molecule has 2 rings (SSSR count). The third-order valence-corrected chi connectivity index (χ3v) is 2.89. The van der Waals surface area contributed by atoms with Gasteiger partial charge in [-0.05, 0) is 29.7 Å². The summed E-state index contributed by atoms with van der Waals surface area (Å²) in [5, 5.41) is 0. The highest BCUT2D eigenvalue weighted by molar-refractivity contribution is 9.10. The lowest BCUT2D eigenvalue weighted by Crippen LogP contribution is -2.06. The Kier molecular flexibility index (Phi) is 3.97. The summed E-state index contributed by atoms with van der Waals surface area (Å²) in [6.45, 7) is 4.12. The summed E-state index contributed by atoms with van der Waals surface area (Å²) < 4.78 is 6.09. The Hall–Kier alpha value is -1.42. The van der Waals surface area contributed by atoms with Crippen molar-refractivity contribution < 1.29 is 9.53 Å². The van der Waals surface area contributed by atoms with Crippen molar-refractivity contribution in [1.82, 2.24) is 0 Å². The molecule has 94 valence electrons. The first-order chi connectivity index (χ1) is 8.54. The third-order valence-electron chi connectivity index (χ3n) is 2.40. The van der Waals surface area contributed by atoms with Crippen LogP contribution < -0.4 is 0 Å². The number of carbonyl (C=O) groups excluding carboxylic acids is 1. The van der Waals surface area contributed by atoms with Gasteiger partial charge in [-0.2, -0.15) is 0 Å². The molecule has 0 unspecified atom stereocenters. The monoisotopic (exact) mass is 307 g/mol. The number of rotatable bonds is 3. The molecule has 0 aromatic heterocycles. The van der Waals surface area contributed by atoms with E-state index in [1.54, 1.807) is 6.08 Å². The van der Waals surface area contributed by atoms with E-state index < -0.39 is 0 Å². The molecule has 0 radical (unpaired) electrons. The lowest BCUT2D eigenvalue weighted by atomic mass is 10.1. The molecule has 0 N–H and O–H groups in total. The van der Waals surface area contributed by atoms with Crippen molar-refractivity contribution in [3.63, 3.8) is 0 Å². The van der Waals surface area contributed by atoms with Gasteiger partial charge in [-0.15, -0.1) is 0 Å². The molecule has 0 saturated heterocycles. The Balaban J connectivity index is 2.22. The summed E-state index contributed by atoms with van der Waals surface area (Å²) in [6, 6.07) is 7.69. The van der Waals surface area contributed by atoms with E-state index in [4.69, 9.17) is 4.74 Å². The normalized spacial score (nSPS) is 17.2. The molecule has 1 heterocycles. The highest BCUT2D eigenvalue weighted by Crippen LogP contribution is 2.20. The third kappa shape index (κ3) is 3.29. The highest BCUT2D eigenvalue weighted by atomic mass is 79.9. The molecule has 0 atom stereocenters. The van der Waals surface area contributed by atoms with Crippen molar-refractivity contribution in [2.24, 2.45) is 10.9 Å². The van der Waals surface area contributed by atoms with E-state index in [1.165, 1.54) is 0 Å². The quantitative estimate of drug-likeness (QED) is 0.629. The fourth-order valence-electron chi connectivity index (χ4n) is 1.64. The van der Waals surface area contributed by atoms with Crippen LogP contribution in [0, 0.1) is 5.92 Å². The average molecular weight is 308 g/mol. The molecule has 0 spiro atoms. The van der Waals surface area contributed by atoms with Crippen LogP contribution in [0.25, 0.3) is 6.08 Å². The minimum Gasteiger partial charge on any atom is -0.407 e. The van der Waals surface area contributed by atoms with Crippen LogP contribution in [0.15, 0.2) is 39.4 Å². The number of carbonyl (C=O) groups is 1. The van der Waals surface area contributed by atoms with E-state index >= 15 is 0 Å². The molecular weight excluding hydrogens is 294 g/mol. The molecule has 0 bridgehead atoms. The highest BCUT2D eigenvalue weighted by Gasteiger charge is 2.23. The number of aliphatic imine (C=N–C) groups is 1. The summed E-state index contributed by atoms with van der Waals surface area (Å²) in [5.41, 5.74) is 1.29. The summed E-state index contributed by atoms with van der Waals surface area (Å²) in [5.74, 6) is 0.559. The van der Waals surface area contributed by atoms with Gasteiger partial charge in [0.25, 0.3) is 0 Å². The zero-order valence-electron chi connectivity index (χ0n) is 10.3. The second-order valence-electron chi connectivity index (χ2n) is 4.58. The van der Waals surface area contributed by atoms with E-state index in [0.717, 1.165) is 10.0 Å². The summed E-state index contributed by atoms with van der Waals surface area (Å²) in [7, 11) is 0. The smallest absolute Gasteiger partial charge is 0.363 e. The van der Waals surface area contributed by atoms with E-state index in [9.17, 15) is 4.79 Å². The van der Waals surface area contributed by atoms with Crippen molar-refractivity contribution >= 4 is 33.9 Å². The second-order valence-corrected chi connectivity index (χ2v) is 5.49. The van der Waals surface area contributed by atoms with Gasteiger partial charge in [0.05, 0.1) is 0 Å². The van der Waals surface area contributed by atoms with Crippen molar-refractivity contribution in [2.45, 2.75) is 20.3 Å². The first-order valence-electron chi connectivity index (χ1n) is 5.81. The standard InChI is InChI=1S/C14H14BrNO2/c1-9(2)6-13-16-12(14(17)18-13)8-10-4-3-5-11(15)7-10/h3-5,7-9H,6H2,1-2H3/b12-8+. The van der Waals surface area contributed by atoms with Gasteiger partial charge in [0.15, 0.2) is 11.6 Å². The molecule has 18 heavy (non-hydrogen) atoms. The maximum absolute atomic E-state index is 11.6. The molecule has 0 fully saturated rings. The molecular formula is C14H14BrNO2. The number of hydrogen-bond acceptors (Lipinski definition) is 3. The number of benzene rings is 1. The molecule has 0 aliphatic carbocycles. The number of ether oxygens (including phenoxy) is 1. The second kappa shape index (κ2) is 5.48. The molecule has 0 amide bonds. The van der Waals surface area contributed by atoms with E-state index in [-0.39, 0.29) is 5.97 Å². The van der Waals surface area contributed by atoms with Gasteiger partial charge in [0, 0.05) is 10.9 Å². The van der Waals surface area contributed by atoms with Crippen LogP contribution >= 0.6 is 15.9 Å². The Labute approximate surface area is 115 Å². The van der Waals surface area contributed by atoms with Gasteiger partial charge in [-0.1, -0.05) is 41.9 Å². The fourth-order valence-corrected chi connectivity index (χ4v) is 2.06. The first kappa shape index (κ1) is 13.0. The molecule has 1 aliphatic rings. The number of hydrogen-bond donors (Lipinski definition) is 0. The minimum atomic E-state index is -0.370. The number of halogens is 1. The average Bonchev–Trinajstić information content (AvgIpc) is 2.58. The maximum atomic E-state index is 11.6. The molecule has 4 heteroatoms. The minimum absolute atomic E-state index is 0.365. The summed E-state index contributed by atoms with van der Waals surface area (Å²) >= 11 is 3.39. The van der Waals surface area contributed by atoms with Gasteiger partial charge in [-0.3, -0.25) is 0 Å². The summed E-state index contributed by atoms with van der Waals surface area (Å²) in [6.07, 6.45) is 2.42. The predicted octanol–water partition coefficient (Wildman–Crippen LogP) is 3.79. The van der Waals surface area contributed by atoms with Crippen molar-refractivity contribution in [1.29, 1.82) is 0 Å². The zero-order valence-corrected chi connectivity index (χ0v) is 11.9. The van der Waals surface area contributed by atoms with Crippen molar-refractivity contribution in [3.05, 3.63) is 40.0 Å². The van der Waals surface area contributed by atoms with E-state index in [0.29, 0.717) is 23.9 Å². The van der Waals surface area contributed by atoms with Gasteiger partial charge in [0.2, 0.25) is 0 Å². The topological polar surface area (TPSA) is 38.7 Å². The lowest BCUT2D eigenvalue weighted by molar-refractivity contribution is -0.130. The number of esters is 1. The maximum Gasteiger partial charge on any atom is 0.363 e. The molecule has 1 aliphatic heterocycles. The lowest BCUT2D eigenvalue weighted by Gasteiger charge is -2.01. The Bertz CT molecular complexity index is 532. The summed E-state index contributed by atoms with van der Waals surface area (Å²) in [4.78, 5) is 15.9. The van der Waals surface area contributed by atoms with Crippen molar-refractivity contribution in [2.75, 3.05) is 0 Å². The van der Waals surface area contributed by atoms with Gasteiger partial charge < -0.3 is 4.74 Å². The van der Waals surface area contributed by atoms with E-state index in [2.05, 4.69) is 34.8 Å². The van der Waals surface area contributed by atoms with Crippen LogP contribution in [0.2, 0.25) is 0 Å². The zero-order chi connectivity index (χ0) is 13.1. The first-order valence-corrected chi connectivity index (χ1v) is 6.61.